The number of hydrogen-bond donors (Lipinski definition) is 2. The summed E-state index contributed by atoms with van der Waals surface area (Å²) < 4.78 is 90.5. The number of rotatable bonds is 4. The zero-order valence-electron chi connectivity index (χ0n) is 9.88. The summed E-state index contributed by atoms with van der Waals surface area (Å²) in [7, 11) is -5.25. The van der Waals surface area contributed by atoms with E-state index in [1.54, 1.807) is 0 Å². The highest BCUT2D eigenvalue weighted by molar-refractivity contribution is 7.89. The molecule has 0 radical (unpaired) electrons. The summed E-state index contributed by atoms with van der Waals surface area (Å²) in [6, 6.07) is 0. The van der Waals surface area contributed by atoms with Gasteiger partial charge in [0.15, 0.2) is 28.2 Å². The van der Waals surface area contributed by atoms with Crippen LogP contribution in [0.15, 0.2) is 4.90 Å². The summed E-state index contributed by atoms with van der Waals surface area (Å²) >= 11 is 0. The summed E-state index contributed by atoms with van der Waals surface area (Å²) in [4.78, 5) is 8.72. The van der Waals surface area contributed by atoms with Gasteiger partial charge in [0.25, 0.3) is 0 Å². The van der Waals surface area contributed by atoms with Crippen LogP contribution in [0.2, 0.25) is 0 Å². The van der Waals surface area contributed by atoms with Gasteiger partial charge < -0.3 is 5.11 Å². The first-order valence-corrected chi connectivity index (χ1v) is 6.80. The van der Waals surface area contributed by atoms with Gasteiger partial charge in [-0.15, -0.1) is 0 Å². The van der Waals surface area contributed by atoms with Crippen LogP contribution in [0, 0.1) is 29.1 Å². The van der Waals surface area contributed by atoms with Gasteiger partial charge in [-0.2, -0.15) is 4.72 Å². The van der Waals surface area contributed by atoms with Gasteiger partial charge in [-0.3, -0.25) is 4.79 Å². The molecule has 1 aliphatic rings. The first kappa shape index (κ1) is 15.6. The van der Waals surface area contributed by atoms with Gasteiger partial charge in [-0.1, -0.05) is 0 Å². The number of halogens is 5. The first-order chi connectivity index (χ1) is 9.53. The van der Waals surface area contributed by atoms with E-state index in [9.17, 15) is 35.2 Å². The fourth-order valence-corrected chi connectivity index (χ4v) is 3.17. The maximum absolute atomic E-state index is 13.4. The van der Waals surface area contributed by atoms with E-state index in [1.165, 1.54) is 4.72 Å². The van der Waals surface area contributed by atoms with Crippen molar-refractivity contribution >= 4 is 16.0 Å². The van der Waals surface area contributed by atoms with E-state index in [2.05, 4.69) is 0 Å². The van der Waals surface area contributed by atoms with E-state index in [4.69, 9.17) is 5.11 Å². The van der Waals surface area contributed by atoms with Crippen LogP contribution >= 0.6 is 0 Å². The minimum absolute atomic E-state index is 0.170. The van der Waals surface area contributed by atoms with Gasteiger partial charge in [0.2, 0.25) is 15.8 Å². The molecule has 0 atom stereocenters. The van der Waals surface area contributed by atoms with Crippen LogP contribution in [0.1, 0.15) is 12.8 Å². The minimum atomic E-state index is -5.25. The number of sulfonamides is 1. The average molecular weight is 331 g/mol. The predicted molar refractivity (Wildman–Crippen MR) is 56.2 cm³/mol. The molecule has 0 aliphatic heterocycles. The zero-order chi connectivity index (χ0) is 16.2. The van der Waals surface area contributed by atoms with Gasteiger partial charge in [0.1, 0.15) is 5.54 Å². The highest BCUT2D eigenvalue weighted by Crippen LogP contribution is 2.38. The van der Waals surface area contributed by atoms with Gasteiger partial charge in [0.05, 0.1) is 0 Å². The average Bonchev–Trinajstić information content (AvgIpc) is 3.14. The fraction of sp³-hybridized carbons (Fsp3) is 0.300. The second-order valence-electron chi connectivity index (χ2n) is 4.39. The molecule has 1 aromatic rings. The molecule has 1 aromatic carbocycles. The van der Waals surface area contributed by atoms with Crippen molar-refractivity contribution in [2.75, 3.05) is 0 Å². The summed E-state index contributed by atoms with van der Waals surface area (Å²) in [5, 5.41) is 8.78. The van der Waals surface area contributed by atoms with Crippen LogP contribution < -0.4 is 4.72 Å². The summed E-state index contributed by atoms with van der Waals surface area (Å²) in [5.41, 5.74) is -1.99. The van der Waals surface area contributed by atoms with E-state index in [0.29, 0.717) is 0 Å². The molecule has 2 N–H and O–H groups in total. The van der Waals surface area contributed by atoms with Gasteiger partial charge >= 0.3 is 5.97 Å². The quantitative estimate of drug-likeness (QED) is 0.495. The monoisotopic (exact) mass is 331 g/mol. The van der Waals surface area contributed by atoms with Crippen molar-refractivity contribution in [3.05, 3.63) is 29.1 Å². The van der Waals surface area contributed by atoms with Crippen molar-refractivity contribution in [3.8, 4) is 0 Å². The molecule has 5 nitrogen and oxygen atoms in total. The molecule has 0 bridgehead atoms. The fourth-order valence-electron chi connectivity index (χ4n) is 1.61. The Bertz CT molecular complexity index is 715. The normalized spacial score (nSPS) is 16.8. The molecule has 1 aliphatic carbocycles. The second kappa shape index (κ2) is 4.63. The Labute approximate surface area is 114 Å². The number of benzene rings is 1. The smallest absolute Gasteiger partial charge is 0.324 e. The topological polar surface area (TPSA) is 83.5 Å². The third-order valence-corrected chi connectivity index (χ3v) is 4.48. The predicted octanol–water partition coefficient (Wildman–Crippen LogP) is 1.28. The summed E-state index contributed by atoms with van der Waals surface area (Å²) in [6.45, 7) is 0. The van der Waals surface area contributed by atoms with E-state index in [0.717, 1.165) is 0 Å². The van der Waals surface area contributed by atoms with Crippen molar-refractivity contribution in [1.29, 1.82) is 0 Å². The molecule has 11 heteroatoms. The number of carboxylic acids is 1. The third kappa shape index (κ3) is 2.35. The Kier molecular flexibility index (Phi) is 3.45. The molecular formula is C10H6F5NO4S. The minimum Gasteiger partial charge on any atom is -0.480 e. The molecule has 0 amide bonds. The maximum atomic E-state index is 13.4. The Morgan fingerprint density at radius 3 is 1.67 bits per heavy atom. The SMILES string of the molecule is O=C(O)C1(NS(=O)(=O)c2c(F)c(F)c(F)c(F)c2F)CC1. The standard InChI is InChI=1S/C10H6F5NO4S/c11-3-4(12)6(14)8(7(15)5(3)13)21(19,20)16-10(1-2-10)9(17)18/h16H,1-2H2,(H,17,18). The van der Waals surface area contributed by atoms with E-state index < -0.39 is 55.5 Å². The Morgan fingerprint density at radius 1 is 0.952 bits per heavy atom. The largest absolute Gasteiger partial charge is 0.480 e. The van der Waals surface area contributed by atoms with Crippen LogP contribution in [-0.2, 0) is 14.8 Å². The Balaban J connectivity index is 2.59. The van der Waals surface area contributed by atoms with Crippen molar-refractivity contribution in [3.63, 3.8) is 0 Å². The second-order valence-corrected chi connectivity index (χ2v) is 6.01. The molecule has 0 heterocycles. The van der Waals surface area contributed by atoms with Crippen molar-refractivity contribution in [2.24, 2.45) is 0 Å². The molecule has 116 valence electrons. The van der Waals surface area contributed by atoms with Crippen molar-refractivity contribution in [2.45, 2.75) is 23.3 Å². The highest BCUT2D eigenvalue weighted by atomic mass is 32.2. The molecule has 0 aromatic heterocycles. The van der Waals surface area contributed by atoms with Crippen molar-refractivity contribution in [1.82, 2.24) is 4.72 Å². The molecular weight excluding hydrogens is 325 g/mol. The molecule has 0 spiro atoms. The molecule has 2 rings (SSSR count). The Morgan fingerprint density at radius 2 is 1.33 bits per heavy atom. The summed E-state index contributed by atoms with van der Waals surface area (Å²) in [5.74, 6) is -14.1. The van der Waals surface area contributed by atoms with Crippen LogP contribution in [0.5, 0.6) is 0 Å². The molecule has 0 unspecified atom stereocenters. The lowest BCUT2D eigenvalue weighted by molar-refractivity contribution is -0.140. The van der Waals surface area contributed by atoms with Crippen LogP contribution in [-0.4, -0.2) is 25.0 Å². The van der Waals surface area contributed by atoms with E-state index >= 15 is 0 Å². The van der Waals surface area contributed by atoms with E-state index in [1.807, 2.05) is 0 Å². The van der Waals surface area contributed by atoms with Crippen LogP contribution in [0.3, 0.4) is 0 Å². The maximum Gasteiger partial charge on any atom is 0.324 e. The number of carboxylic acid groups (broad SMARTS) is 1. The number of carbonyl (C=O) groups is 1. The van der Waals surface area contributed by atoms with Gasteiger partial charge in [0, 0.05) is 0 Å². The van der Waals surface area contributed by atoms with E-state index in [-0.39, 0.29) is 12.8 Å². The third-order valence-electron chi connectivity index (χ3n) is 2.93. The lowest BCUT2D eigenvalue weighted by Crippen LogP contribution is -2.43. The lowest BCUT2D eigenvalue weighted by atomic mass is 10.3. The van der Waals surface area contributed by atoms with Crippen LogP contribution in [0.25, 0.3) is 0 Å². The van der Waals surface area contributed by atoms with Gasteiger partial charge in [-0.25, -0.2) is 30.4 Å². The van der Waals surface area contributed by atoms with Crippen LogP contribution in [0.4, 0.5) is 22.0 Å². The van der Waals surface area contributed by atoms with Crippen molar-refractivity contribution < 1.29 is 40.3 Å². The first-order valence-electron chi connectivity index (χ1n) is 5.32. The number of aliphatic carboxylic acids is 1. The number of nitrogens with one attached hydrogen (secondary N) is 1. The number of hydrogen-bond acceptors (Lipinski definition) is 3. The molecule has 0 saturated heterocycles. The Hall–Kier alpha value is -1.75. The molecule has 1 saturated carbocycles. The molecule has 1 fully saturated rings. The highest BCUT2D eigenvalue weighted by Gasteiger charge is 2.54. The molecule has 21 heavy (non-hydrogen) atoms. The van der Waals surface area contributed by atoms with Gasteiger partial charge in [-0.05, 0) is 12.8 Å². The lowest BCUT2D eigenvalue weighted by Gasteiger charge is -2.14. The summed E-state index contributed by atoms with van der Waals surface area (Å²) in [6.07, 6.45) is -0.339. The zero-order valence-corrected chi connectivity index (χ0v) is 10.7.